The molecule has 116 valence electrons. The molecular weight excluding hydrogens is 284 g/mol. The minimum Gasteiger partial charge on any atom is -0.348 e. The van der Waals surface area contributed by atoms with Crippen LogP contribution in [0.3, 0.4) is 0 Å². The molecule has 0 saturated carbocycles. The van der Waals surface area contributed by atoms with Crippen molar-refractivity contribution in [3.05, 3.63) is 21.4 Å². The fourth-order valence-corrected chi connectivity index (χ4v) is 3.85. The number of hydrogen-bond acceptors (Lipinski definition) is 3. The van der Waals surface area contributed by atoms with E-state index < -0.39 is 0 Å². The Labute approximate surface area is 130 Å². The lowest BCUT2D eigenvalue weighted by atomic mass is 10.1. The van der Waals surface area contributed by atoms with Crippen LogP contribution in [-0.2, 0) is 9.59 Å². The molecule has 0 radical (unpaired) electrons. The summed E-state index contributed by atoms with van der Waals surface area (Å²) in [5.74, 6) is 0.0406. The van der Waals surface area contributed by atoms with Crippen molar-refractivity contribution < 1.29 is 9.59 Å². The maximum atomic E-state index is 12.2. The molecule has 0 aliphatic carbocycles. The largest absolute Gasteiger partial charge is 0.348 e. The SMILES string of the molecule is Cc1cc([C@@H](C)NC(=O)CN2CCCCCC2=O)c(C)s1. The van der Waals surface area contributed by atoms with Crippen molar-refractivity contribution in [3.8, 4) is 0 Å². The number of nitrogens with one attached hydrogen (secondary N) is 1. The summed E-state index contributed by atoms with van der Waals surface area (Å²) in [6.45, 7) is 7.04. The second-order valence-corrected chi connectivity index (χ2v) is 7.24. The second-order valence-electron chi connectivity index (χ2n) is 5.78. The van der Waals surface area contributed by atoms with Gasteiger partial charge in [-0.2, -0.15) is 0 Å². The number of thiophene rings is 1. The molecule has 4 nitrogen and oxygen atoms in total. The molecule has 2 rings (SSSR count). The first kappa shape index (κ1) is 16.0. The molecule has 1 aromatic rings. The monoisotopic (exact) mass is 308 g/mol. The Hall–Kier alpha value is -1.36. The standard InChI is InChI=1S/C16H24N2O2S/c1-11-9-14(13(3)21-11)12(2)17-15(19)10-18-8-6-4-5-7-16(18)20/h9,12H,4-8,10H2,1-3H3,(H,17,19)/t12-/m1/s1. The van der Waals surface area contributed by atoms with Gasteiger partial charge in [0.1, 0.15) is 0 Å². The highest BCUT2D eigenvalue weighted by atomic mass is 32.1. The lowest BCUT2D eigenvalue weighted by Gasteiger charge is -2.21. The molecule has 0 spiro atoms. The highest BCUT2D eigenvalue weighted by Gasteiger charge is 2.20. The van der Waals surface area contributed by atoms with Gasteiger partial charge in [-0.25, -0.2) is 0 Å². The van der Waals surface area contributed by atoms with E-state index in [0.29, 0.717) is 13.0 Å². The van der Waals surface area contributed by atoms with Crippen LogP contribution in [0.2, 0.25) is 0 Å². The zero-order valence-corrected chi connectivity index (χ0v) is 13.9. The van der Waals surface area contributed by atoms with Crippen molar-refractivity contribution in [2.75, 3.05) is 13.1 Å². The van der Waals surface area contributed by atoms with E-state index >= 15 is 0 Å². The van der Waals surface area contributed by atoms with Crippen molar-refractivity contribution in [1.29, 1.82) is 0 Å². The minimum absolute atomic E-state index is 0.00969. The van der Waals surface area contributed by atoms with Gasteiger partial charge in [0.05, 0.1) is 12.6 Å². The number of nitrogens with zero attached hydrogens (tertiary/aromatic N) is 1. The Morgan fingerprint density at radius 1 is 1.38 bits per heavy atom. The van der Waals surface area contributed by atoms with E-state index in [2.05, 4.69) is 25.2 Å². The van der Waals surface area contributed by atoms with Crippen LogP contribution in [0.15, 0.2) is 6.07 Å². The number of aryl methyl sites for hydroxylation is 2. The lowest BCUT2D eigenvalue weighted by Crippen LogP contribution is -2.41. The molecule has 2 heterocycles. The van der Waals surface area contributed by atoms with E-state index in [9.17, 15) is 9.59 Å². The molecule has 1 aliphatic heterocycles. The van der Waals surface area contributed by atoms with Crippen LogP contribution in [0.4, 0.5) is 0 Å². The predicted octanol–water partition coefficient (Wildman–Crippen LogP) is 2.94. The highest BCUT2D eigenvalue weighted by molar-refractivity contribution is 7.12. The normalized spacial score (nSPS) is 17.5. The van der Waals surface area contributed by atoms with E-state index in [4.69, 9.17) is 0 Å². The number of amides is 2. The second kappa shape index (κ2) is 7.07. The summed E-state index contributed by atoms with van der Waals surface area (Å²) in [4.78, 5) is 28.3. The molecule has 5 heteroatoms. The average Bonchev–Trinajstić information content (AvgIpc) is 2.62. The molecule has 1 aliphatic rings. The zero-order chi connectivity index (χ0) is 15.4. The summed E-state index contributed by atoms with van der Waals surface area (Å²) >= 11 is 1.75. The van der Waals surface area contributed by atoms with Gasteiger partial charge in [0.2, 0.25) is 11.8 Å². The van der Waals surface area contributed by atoms with E-state index in [1.165, 1.54) is 15.3 Å². The van der Waals surface area contributed by atoms with Gasteiger partial charge >= 0.3 is 0 Å². The van der Waals surface area contributed by atoms with Crippen molar-refractivity contribution in [2.45, 2.75) is 52.5 Å². The number of carbonyl (C=O) groups is 2. The third-order valence-electron chi connectivity index (χ3n) is 3.93. The van der Waals surface area contributed by atoms with Gasteiger partial charge in [0.25, 0.3) is 0 Å². The molecule has 21 heavy (non-hydrogen) atoms. The summed E-state index contributed by atoms with van der Waals surface area (Å²) in [5, 5.41) is 3.01. The van der Waals surface area contributed by atoms with Crippen LogP contribution in [0, 0.1) is 13.8 Å². The molecule has 1 fully saturated rings. The smallest absolute Gasteiger partial charge is 0.240 e. The first-order valence-electron chi connectivity index (χ1n) is 7.61. The summed E-state index contributed by atoms with van der Waals surface area (Å²) < 4.78 is 0. The Kier molecular flexibility index (Phi) is 5.39. The van der Waals surface area contributed by atoms with Crippen LogP contribution >= 0.6 is 11.3 Å². The summed E-state index contributed by atoms with van der Waals surface area (Å²) in [7, 11) is 0. The maximum absolute atomic E-state index is 12.2. The van der Waals surface area contributed by atoms with Crippen LogP contribution < -0.4 is 5.32 Å². The van der Waals surface area contributed by atoms with Gasteiger partial charge in [0.15, 0.2) is 0 Å². The highest BCUT2D eigenvalue weighted by Crippen LogP contribution is 2.26. The Morgan fingerprint density at radius 2 is 2.14 bits per heavy atom. The van der Waals surface area contributed by atoms with Gasteiger partial charge < -0.3 is 10.2 Å². The number of hydrogen-bond donors (Lipinski definition) is 1. The number of rotatable bonds is 4. The summed E-state index contributed by atoms with van der Waals surface area (Å²) in [5.41, 5.74) is 1.17. The van der Waals surface area contributed by atoms with Gasteiger partial charge in [0, 0.05) is 22.7 Å². The fourth-order valence-electron chi connectivity index (χ4n) is 2.82. The molecule has 1 saturated heterocycles. The van der Waals surface area contributed by atoms with E-state index in [0.717, 1.165) is 19.3 Å². The quantitative estimate of drug-likeness (QED) is 0.929. The van der Waals surface area contributed by atoms with E-state index in [1.54, 1.807) is 16.2 Å². The van der Waals surface area contributed by atoms with Crippen LogP contribution in [0.5, 0.6) is 0 Å². The van der Waals surface area contributed by atoms with Crippen LogP contribution in [0.1, 0.15) is 54.0 Å². The lowest BCUT2D eigenvalue weighted by molar-refractivity contribution is -0.135. The molecule has 0 aromatic carbocycles. The number of carbonyl (C=O) groups excluding carboxylic acids is 2. The molecular formula is C16H24N2O2S. The van der Waals surface area contributed by atoms with Gasteiger partial charge in [-0.05, 0) is 45.2 Å². The molecule has 1 N–H and O–H groups in total. The third kappa shape index (κ3) is 4.30. The van der Waals surface area contributed by atoms with Crippen molar-refractivity contribution in [2.24, 2.45) is 0 Å². The molecule has 0 bridgehead atoms. The Morgan fingerprint density at radius 3 is 2.81 bits per heavy atom. The summed E-state index contributed by atoms with van der Waals surface area (Å²) in [6, 6.07) is 2.12. The van der Waals surface area contributed by atoms with Crippen molar-refractivity contribution in [1.82, 2.24) is 10.2 Å². The minimum atomic E-state index is -0.0685. The fraction of sp³-hybridized carbons (Fsp3) is 0.625. The van der Waals surface area contributed by atoms with Gasteiger partial charge in [-0.3, -0.25) is 9.59 Å². The Balaban J connectivity index is 1.91. The molecule has 1 aromatic heterocycles. The zero-order valence-electron chi connectivity index (χ0n) is 13.1. The van der Waals surface area contributed by atoms with Gasteiger partial charge in [-0.15, -0.1) is 11.3 Å². The summed E-state index contributed by atoms with van der Waals surface area (Å²) in [6.07, 6.45) is 3.59. The molecule has 0 unspecified atom stereocenters. The van der Waals surface area contributed by atoms with Crippen molar-refractivity contribution >= 4 is 23.2 Å². The van der Waals surface area contributed by atoms with Crippen LogP contribution in [-0.4, -0.2) is 29.8 Å². The van der Waals surface area contributed by atoms with Crippen LogP contribution in [0.25, 0.3) is 0 Å². The predicted molar refractivity (Wildman–Crippen MR) is 85.4 cm³/mol. The third-order valence-corrected chi connectivity index (χ3v) is 4.91. The first-order chi connectivity index (χ1) is 9.97. The average molecular weight is 308 g/mol. The van der Waals surface area contributed by atoms with E-state index in [1.807, 2.05) is 6.92 Å². The first-order valence-corrected chi connectivity index (χ1v) is 8.43. The molecule has 1 atom stereocenters. The Bertz CT molecular complexity index is 524. The topological polar surface area (TPSA) is 49.4 Å². The molecule has 2 amide bonds. The maximum Gasteiger partial charge on any atom is 0.240 e. The van der Waals surface area contributed by atoms with Crippen molar-refractivity contribution in [3.63, 3.8) is 0 Å². The number of likely N-dealkylation sites (tertiary alicyclic amines) is 1. The van der Waals surface area contributed by atoms with E-state index in [-0.39, 0.29) is 24.4 Å². The van der Waals surface area contributed by atoms with Gasteiger partial charge in [-0.1, -0.05) is 6.42 Å².